The Hall–Kier alpha value is -2.31. The highest BCUT2D eigenvalue weighted by Crippen LogP contribution is 2.38. The van der Waals surface area contributed by atoms with E-state index in [1.807, 2.05) is 0 Å². The van der Waals surface area contributed by atoms with Crippen molar-refractivity contribution in [2.24, 2.45) is 0 Å². The molecule has 2 aromatic rings. The molecule has 0 amide bonds. The quantitative estimate of drug-likeness (QED) is 0.626. The van der Waals surface area contributed by atoms with Crippen LogP contribution in [0.3, 0.4) is 0 Å². The monoisotopic (exact) mass is 316 g/mol. The number of anilines is 2. The van der Waals surface area contributed by atoms with Crippen LogP contribution in [0.4, 0.5) is 33.3 Å². The van der Waals surface area contributed by atoms with Gasteiger partial charge in [-0.1, -0.05) is 12.1 Å². The van der Waals surface area contributed by atoms with Gasteiger partial charge in [0.25, 0.3) is 5.92 Å². The molecule has 0 radical (unpaired) electrons. The van der Waals surface area contributed by atoms with Gasteiger partial charge in [-0.15, -0.1) is 0 Å². The molecule has 0 heterocycles. The molecule has 0 saturated carbocycles. The summed E-state index contributed by atoms with van der Waals surface area (Å²) in [7, 11) is 0. The standard InChI is InChI=1S/C15H13F5N2/c1-14(16,17)10-6-8(2-4-12(10)21)9-3-5-13(22)11(7-9)15(18,19)20/h2-7H,21-22H2,1H3. The van der Waals surface area contributed by atoms with Gasteiger partial charge < -0.3 is 11.5 Å². The first-order valence-corrected chi connectivity index (χ1v) is 6.25. The molecule has 2 nitrogen and oxygen atoms in total. The van der Waals surface area contributed by atoms with Crippen molar-refractivity contribution in [3.8, 4) is 11.1 Å². The molecule has 2 rings (SSSR count). The maximum atomic E-state index is 13.5. The van der Waals surface area contributed by atoms with Crippen LogP contribution >= 0.6 is 0 Å². The number of rotatable bonds is 2. The molecule has 2 aromatic carbocycles. The minimum Gasteiger partial charge on any atom is -0.398 e. The molecule has 0 aliphatic carbocycles. The highest BCUT2D eigenvalue weighted by molar-refractivity contribution is 5.71. The Morgan fingerprint density at radius 2 is 1.14 bits per heavy atom. The second kappa shape index (κ2) is 5.15. The Balaban J connectivity index is 2.59. The zero-order chi connectivity index (χ0) is 16.7. The molecule has 22 heavy (non-hydrogen) atoms. The fourth-order valence-electron chi connectivity index (χ4n) is 2.10. The Labute approximate surface area is 123 Å². The number of nitrogen functional groups attached to an aromatic ring is 2. The third-order valence-corrected chi connectivity index (χ3v) is 3.22. The first-order valence-electron chi connectivity index (χ1n) is 6.25. The van der Waals surface area contributed by atoms with E-state index in [9.17, 15) is 22.0 Å². The SMILES string of the molecule is CC(F)(F)c1cc(-c2ccc(N)c(C(F)(F)F)c2)ccc1N. The predicted molar refractivity (Wildman–Crippen MR) is 75.3 cm³/mol. The third-order valence-electron chi connectivity index (χ3n) is 3.22. The maximum absolute atomic E-state index is 13.5. The summed E-state index contributed by atoms with van der Waals surface area (Å²) in [5.74, 6) is -3.19. The van der Waals surface area contributed by atoms with E-state index in [0.717, 1.165) is 18.2 Å². The lowest BCUT2D eigenvalue weighted by Gasteiger charge is -2.16. The van der Waals surface area contributed by atoms with E-state index in [0.29, 0.717) is 6.92 Å². The van der Waals surface area contributed by atoms with Crippen LogP contribution in [0.15, 0.2) is 36.4 Å². The van der Waals surface area contributed by atoms with Gasteiger partial charge in [-0.3, -0.25) is 0 Å². The lowest BCUT2D eigenvalue weighted by molar-refractivity contribution is -0.136. The van der Waals surface area contributed by atoms with Gasteiger partial charge in [0.15, 0.2) is 0 Å². The molecule has 0 fully saturated rings. The predicted octanol–water partition coefficient (Wildman–Crippen LogP) is 4.65. The third kappa shape index (κ3) is 3.13. The fraction of sp³-hybridized carbons (Fsp3) is 0.200. The fourth-order valence-corrected chi connectivity index (χ4v) is 2.10. The average Bonchev–Trinajstić information content (AvgIpc) is 2.37. The molecule has 0 atom stereocenters. The maximum Gasteiger partial charge on any atom is 0.418 e. The molecular formula is C15H13F5N2. The van der Waals surface area contributed by atoms with Crippen molar-refractivity contribution in [3.05, 3.63) is 47.5 Å². The Morgan fingerprint density at radius 3 is 1.55 bits per heavy atom. The molecule has 0 aromatic heterocycles. The Bertz CT molecular complexity index is 641. The summed E-state index contributed by atoms with van der Waals surface area (Å²) in [6.07, 6.45) is -4.62. The van der Waals surface area contributed by atoms with Gasteiger partial charge in [-0.25, -0.2) is 8.78 Å². The Kier molecular flexibility index (Phi) is 3.76. The molecular weight excluding hydrogens is 303 g/mol. The molecule has 0 aliphatic rings. The van der Waals surface area contributed by atoms with Crippen LogP contribution in [0.2, 0.25) is 0 Å². The van der Waals surface area contributed by atoms with E-state index < -0.39 is 28.9 Å². The summed E-state index contributed by atoms with van der Waals surface area (Å²) in [5, 5.41) is 0. The molecule has 0 aliphatic heterocycles. The van der Waals surface area contributed by atoms with Gasteiger partial charge in [0, 0.05) is 23.9 Å². The molecule has 0 saturated heterocycles. The number of nitrogens with two attached hydrogens (primary N) is 2. The van der Waals surface area contributed by atoms with Crippen LogP contribution in [0.25, 0.3) is 11.1 Å². The van der Waals surface area contributed by atoms with E-state index in [-0.39, 0.29) is 16.8 Å². The largest absolute Gasteiger partial charge is 0.418 e. The number of alkyl halides is 5. The van der Waals surface area contributed by atoms with Crippen molar-refractivity contribution < 1.29 is 22.0 Å². The summed E-state index contributed by atoms with van der Waals surface area (Å²) in [4.78, 5) is 0. The van der Waals surface area contributed by atoms with Gasteiger partial charge in [0.1, 0.15) is 0 Å². The van der Waals surface area contributed by atoms with Crippen LogP contribution in [0.1, 0.15) is 18.1 Å². The zero-order valence-electron chi connectivity index (χ0n) is 11.5. The van der Waals surface area contributed by atoms with Crippen molar-refractivity contribution in [1.82, 2.24) is 0 Å². The summed E-state index contributed by atoms with van der Waals surface area (Å²) >= 11 is 0. The number of hydrogen-bond acceptors (Lipinski definition) is 2. The lowest BCUT2D eigenvalue weighted by Crippen LogP contribution is -2.11. The summed E-state index contributed by atoms with van der Waals surface area (Å²) in [6, 6.07) is 6.98. The number of benzene rings is 2. The molecule has 7 heteroatoms. The van der Waals surface area contributed by atoms with Crippen molar-refractivity contribution in [3.63, 3.8) is 0 Å². The molecule has 0 spiro atoms. The van der Waals surface area contributed by atoms with Gasteiger partial charge in [0.05, 0.1) is 5.56 Å². The molecule has 0 bridgehead atoms. The first-order chi connectivity index (χ1) is 10.00. The molecule has 118 valence electrons. The smallest absolute Gasteiger partial charge is 0.398 e. The van der Waals surface area contributed by atoms with E-state index in [1.54, 1.807) is 0 Å². The minimum absolute atomic E-state index is 0.122. The Morgan fingerprint density at radius 1 is 0.727 bits per heavy atom. The molecule has 4 N–H and O–H groups in total. The van der Waals surface area contributed by atoms with E-state index in [2.05, 4.69) is 0 Å². The van der Waals surface area contributed by atoms with Crippen molar-refractivity contribution in [2.45, 2.75) is 19.0 Å². The van der Waals surface area contributed by atoms with Gasteiger partial charge >= 0.3 is 6.18 Å². The van der Waals surface area contributed by atoms with E-state index >= 15 is 0 Å². The highest BCUT2D eigenvalue weighted by atomic mass is 19.4. The normalized spacial score (nSPS) is 12.5. The topological polar surface area (TPSA) is 52.0 Å². The van der Waals surface area contributed by atoms with Crippen LogP contribution in [-0.4, -0.2) is 0 Å². The van der Waals surface area contributed by atoms with Gasteiger partial charge in [-0.2, -0.15) is 13.2 Å². The van der Waals surface area contributed by atoms with Gasteiger partial charge in [0.2, 0.25) is 0 Å². The van der Waals surface area contributed by atoms with E-state index in [1.165, 1.54) is 18.2 Å². The van der Waals surface area contributed by atoms with Crippen LogP contribution < -0.4 is 11.5 Å². The second-order valence-corrected chi connectivity index (χ2v) is 4.99. The van der Waals surface area contributed by atoms with E-state index in [4.69, 9.17) is 11.5 Å². The van der Waals surface area contributed by atoms with Crippen LogP contribution in [0.5, 0.6) is 0 Å². The van der Waals surface area contributed by atoms with Gasteiger partial charge in [-0.05, 0) is 35.4 Å². The van der Waals surface area contributed by atoms with Crippen LogP contribution in [-0.2, 0) is 12.1 Å². The number of halogens is 5. The lowest BCUT2D eigenvalue weighted by atomic mass is 9.97. The van der Waals surface area contributed by atoms with Crippen molar-refractivity contribution in [1.29, 1.82) is 0 Å². The van der Waals surface area contributed by atoms with Crippen molar-refractivity contribution >= 4 is 11.4 Å². The van der Waals surface area contributed by atoms with Crippen LogP contribution in [0, 0.1) is 0 Å². The average molecular weight is 316 g/mol. The van der Waals surface area contributed by atoms with Crippen molar-refractivity contribution in [2.75, 3.05) is 11.5 Å². The summed E-state index contributed by atoms with van der Waals surface area (Å²) in [6.45, 7) is 0.673. The highest BCUT2D eigenvalue weighted by Gasteiger charge is 2.33. The first kappa shape index (κ1) is 16.1. The second-order valence-electron chi connectivity index (χ2n) is 4.99. The zero-order valence-corrected chi connectivity index (χ0v) is 11.5. The number of hydrogen-bond donors (Lipinski definition) is 2. The minimum atomic E-state index is -4.62. The molecule has 0 unspecified atom stereocenters. The summed E-state index contributed by atoms with van der Waals surface area (Å²) < 4.78 is 65.5. The summed E-state index contributed by atoms with van der Waals surface area (Å²) in [5.41, 5.74) is 9.16.